The first-order chi connectivity index (χ1) is 15.2. The van der Waals surface area contributed by atoms with Crippen molar-refractivity contribution in [3.63, 3.8) is 0 Å². The van der Waals surface area contributed by atoms with E-state index in [9.17, 15) is 4.39 Å². The van der Waals surface area contributed by atoms with E-state index < -0.39 is 0 Å². The summed E-state index contributed by atoms with van der Waals surface area (Å²) in [5, 5.41) is 8.07. The second-order valence-electron chi connectivity index (χ2n) is 8.19. The first kappa shape index (κ1) is 19.5. The molecule has 6 heteroatoms. The summed E-state index contributed by atoms with van der Waals surface area (Å²) in [5.41, 5.74) is 3.56. The Bertz CT molecular complexity index is 1180. The first-order valence-corrected chi connectivity index (χ1v) is 10.8. The quantitative estimate of drug-likeness (QED) is 0.408. The Morgan fingerprint density at radius 1 is 1.13 bits per heavy atom. The van der Waals surface area contributed by atoms with Gasteiger partial charge < -0.3 is 10.1 Å². The third-order valence-corrected chi connectivity index (χ3v) is 5.94. The normalized spacial score (nSPS) is 14.9. The van der Waals surface area contributed by atoms with Gasteiger partial charge in [0.2, 0.25) is 0 Å². The molecule has 2 heterocycles. The van der Waals surface area contributed by atoms with Gasteiger partial charge >= 0.3 is 0 Å². The Balaban J connectivity index is 1.35. The van der Waals surface area contributed by atoms with E-state index in [2.05, 4.69) is 10.3 Å². The zero-order chi connectivity index (χ0) is 21.2. The maximum absolute atomic E-state index is 13.5. The molecule has 0 amide bonds. The van der Waals surface area contributed by atoms with Crippen molar-refractivity contribution in [2.45, 2.75) is 32.2 Å². The Hall–Kier alpha value is -3.41. The highest BCUT2D eigenvalue weighted by molar-refractivity contribution is 5.64. The number of aromatic nitrogens is 3. The van der Waals surface area contributed by atoms with E-state index in [-0.39, 0.29) is 11.9 Å². The van der Waals surface area contributed by atoms with Crippen LogP contribution in [0.5, 0.6) is 5.75 Å². The highest BCUT2D eigenvalue weighted by Gasteiger charge is 2.18. The van der Waals surface area contributed by atoms with Gasteiger partial charge in [0.15, 0.2) is 5.65 Å². The molecule has 1 aliphatic rings. The first-order valence-electron chi connectivity index (χ1n) is 10.8. The van der Waals surface area contributed by atoms with Crippen molar-refractivity contribution in [1.82, 2.24) is 14.6 Å². The van der Waals surface area contributed by atoms with Gasteiger partial charge in [0, 0.05) is 5.56 Å². The van der Waals surface area contributed by atoms with Crippen LogP contribution in [0.3, 0.4) is 0 Å². The summed E-state index contributed by atoms with van der Waals surface area (Å²) in [4.78, 5) is 4.48. The number of ether oxygens (including phenoxy) is 1. The van der Waals surface area contributed by atoms with Gasteiger partial charge in [0.25, 0.3) is 0 Å². The minimum absolute atomic E-state index is 0.0836. The molecule has 1 fully saturated rings. The van der Waals surface area contributed by atoms with Crippen LogP contribution in [0, 0.1) is 11.7 Å². The van der Waals surface area contributed by atoms with Crippen LogP contribution in [0.25, 0.3) is 16.9 Å². The molecule has 158 valence electrons. The van der Waals surface area contributed by atoms with Crippen LogP contribution < -0.4 is 10.1 Å². The molecule has 0 radical (unpaired) electrons. The summed E-state index contributed by atoms with van der Waals surface area (Å²) < 4.78 is 21.3. The van der Waals surface area contributed by atoms with Crippen molar-refractivity contribution in [1.29, 1.82) is 0 Å². The maximum Gasteiger partial charge on any atom is 0.154 e. The third-order valence-electron chi connectivity index (χ3n) is 5.94. The Morgan fingerprint density at radius 2 is 1.97 bits per heavy atom. The molecule has 0 bridgehead atoms. The van der Waals surface area contributed by atoms with Gasteiger partial charge in [-0.3, -0.25) is 0 Å². The van der Waals surface area contributed by atoms with Crippen molar-refractivity contribution in [2.75, 3.05) is 11.9 Å². The molecule has 5 rings (SSSR count). The predicted octanol–water partition coefficient (Wildman–Crippen LogP) is 5.89. The lowest BCUT2D eigenvalue weighted by Crippen LogP contribution is -2.19. The van der Waals surface area contributed by atoms with Gasteiger partial charge in [-0.25, -0.2) is 13.9 Å². The fraction of sp³-hybridized carbons (Fsp3) is 0.280. The Morgan fingerprint density at radius 3 is 2.71 bits per heavy atom. The molecule has 0 saturated heterocycles. The molecule has 31 heavy (non-hydrogen) atoms. The summed E-state index contributed by atoms with van der Waals surface area (Å²) in [6.45, 7) is 2.78. The number of nitrogens with zero attached hydrogens (tertiary/aromatic N) is 3. The second kappa shape index (κ2) is 8.38. The number of anilines is 1. The van der Waals surface area contributed by atoms with Crippen molar-refractivity contribution < 1.29 is 9.13 Å². The SMILES string of the molecule is C[C@@H](Nc1ccc2ncc(-c3ccc(OCC4CCC4)cc3)n2n1)c1cccc(F)c1. The predicted molar refractivity (Wildman–Crippen MR) is 120 cm³/mol. The zero-order valence-corrected chi connectivity index (χ0v) is 17.5. The number of nitrogens with one attached hydrogen (secondary N) is 1. The van der Waals surface area contributed by atoms with Crippen molar-refractivity contribution in [3.8, 4) is 17.0 Å². The van der Waals surface area contributed by atoms with Gasteiger partial charge in [-0.1, -0.05) is 18.6 Å². The zero-order valence-electron chi connectivity index (χ0n) is 17.5. The summed E-state index contributed by atoms with van der Waals surface area (Å²) in [6, 6.07) is 18.4. The van der Waals surface area contributed by atoms with Gasteiger partial charge in [-0.05, 0) is 79.8 Å². The van der Waals surface area contributed by atoms with E-state index in [4.69, 9.17) is 9.84 Å². The molecule has 0 aliphatic heterocycles. The number of hydrogen-bond donors (Lipinski definition) is 1. The van der Waals surface area contributed by atoms with Crippen LogP contribution in [0.4, 0.5) is 10.2 Å². The van der Waals surface area contributed by atoms with Gasteiger partial charge in [-0.2, -0.15) is 0 Å². The number of rotatable bonds is 7. The molecule has 1 atom stereocenters. The molecule has 1 saturated carbocycles. The lowest BCUT2D eigenvalue weighted by molar-refractivity contribution is 0.180. The molecule has 1 aliphatic carbocycles. The molecule has 4 aromatic rings. The summed E-state index contributed by atoms with van der Waals surface area (Å²) in [5.74, 6) is 2.06. The lowest BCUT2D eigenvalue weighted by Gasteiger charge is -2.25. The number of fused-ring (bicyclic) bond motifs is 1. The van der Waals surface area contributed by atoms with Crippen LogP contribution in [0.1, 0.15) is 37.8 Å². The van der Waals surface area contributed by atoms with E-state index in [1.807, 2.05) is 60.1 Å². The number of halogens is 1. The van der Waals surface area contributed by atoms with E-state index in [1.165, 1.54) is 31.4 Å². The number of hydrogen-bond acceptors (Lipinski definition) is 4. The second-order valence-corrected chi connectivity index (χ2v) is 8.19. The standard InChI is InChI=1S/C25H25FN4O/c1-17(20-6-3-7-21(26)14-20)28-24-12-13-25-27-15-23(30(25)29-24)19-8-10-22(11-9-19)31-16-18-4-2-5-18/h3,6-15,17-18H,2,4-5,16H2,1H3,(H,28,29)/t17-/m1/s1. The van der Waals surface area contributed by atoms with Crippen LogP contribution in [-0.2, 0) is 0 Å². The van der Waals surface area contributed by atoms with Crippen LogP contribution in [0.15, 0.2) is 66.9 Å². The summed E-state index contributed by atoms with van der Waals surface area (Å²) in [7, 11) is 0. The van der Waals surface area contributed by atoms with Crippen LogP contribution in [-0.4, -0.2) is 21.2 Å². The Labute approximate surface area is 180 Å². The Kier molecular flexibility index (Phi) is 5.28. The fourth-order valence-corrected chi connectivity index (χ4v) is 3.82. The van der Waals surface area contributed by atoms with Gasteiger partial charge in [-0.15, -0.1) is 5.10 Å². The smallest absolute Gasteiger partial charge is 0.154 e. The van der Waals surface area contributed by atoms with E-state index in [1.54, 1.807) is 6.07 Å². The summed E-state index contributed by atoms with van der Waals surface area (Å²) in [6.07, 6.45) is 5.71. The van der Waals surface area contributed by atoms with Crippen LogP contribution in [0.2, 0.25) is 0 Å². The van der Waals surface area contributed by atoms with Gasteiger partial charge in [0.05, 0.1) is 24.5 Å². The van der Waals surface area contributed by atoms with E-state index >= 15 is 0 Å². The number of benzene rings is 2. The fourth-order valence-electron chi connectivity index (χ4n) is 3.82. The third kappa shape index (κ3) is 4.24. The van der Waals surface area contributed by atoms with Crippen molar-refractivity contribution in [3.05, 3.63) is 78.2 Å². The highest BCUT2D eigenvalue weighted by atomic mass is 19.1. The van der Waals surface area contributed by atoms with E-state index in [0.29, 0.717) is 11.7 Å². The van der Waals surface area contributed by atoms with Crippen molar-refractivity contribution >= 4 is 11.5 Å². The largest absolute Gasteiger partial charge is 0.493 e. The molecule has 2 aromatic heterocycles. The monoisotopic (exact) mass is 416 g/mol. The van der Waals surface area contributed by atoms with Crippen LogP contribution >= 0.6 is 0 Å². The summed E-state index contributed by atoms with van der Waals surface area (Å²) >= 11 is 0. The minimum atomic E-state index is -0.244. The molecule has 1 N–H and O–H groups in total. The molecular formula is C25H25FN4O. The molecule has 2 aromatic carbocycles. The highest BCUT2D eigenvalue weighted by Crippen LogP contribution is 2.28. The molecular weight excluding hydrogens is 391 g/mol. The minimum Gasteiger partial charge on any atom is -0.493 e. The molecule has 0 unspecified atom stereocenters. The van der Waals surface area contributed by atoms with Gasteiger partial charge in [0.1, 0.15) is 17.4 Å². The van der Waals surface area contributed by atoms with E-state index in [0.717, 1.165) is 34.8 Å². The maximum atomic E-state index is 13.5. The number of imidazole rings is 1. The lowest BCUT2D eigenvalue weighted by atomic mass is 9.86. The van der Waals surface area contributed by atoms with Crippen molar-refractivity contribution in [2.24, 2.45) is 5.92 Å². The average Bonchev–Trinajstić information content (AvgIpc) is 3.16. The molecule has 0 spiro atoms. The average molecular weight is 417 g/mol. The topological polar surface area (TPSA) is 51.5 Å². The molecule has 5 nitrogen and oxygen atoms in total.